The fraction of sp³-hybridized carbons (Fsp3) is 0.455. The van der Waals surface area contributed by atoms with Crippen LogP contribution in [0.5, 0.6) is 0 Å². The maximum Gasteiger partial charge on any atom is 0.235 e. The first-order chi connectivity index (χ1) is 7.47. The SMILES string of the molecule is CC(CCl)CS(=O)(=O)N(C)c1ccccc1. The summed E-state index contributed by atoms with van der Waals surface area (Å²) in [6, 6.07) is 9.01. The van der Waals surface area contributed by atoms with E-state index in [1.165, 1.54) is 4.31 Å². The molecule has 0 heterocycles. The third kappa shape index (κ3) is 3.39. The number of benzene rings is 1. The zero-order valence-corrected chi connectivity index (χ0v) is 11.0. The third-order valence-electron chi connectivity index (χ3n) is 2.30. The van der Waals surface area contributed by atoms with Crippen LogP contribution in [0.15, 0.2) is 30.3 Å². The molecule has 1 aromatic rings. The van der Waals surface area contributed by atoms with Gasteiger partial charge in [-0.25, -0.2) is 8.42 Å². The summed E-state index contributed by atoms with van der Waals surface area (Å²) >= 11 is 5.63. The first kappa shape index (κ1) is 13.3. The van der Waals surface area contributed by atoms with Crippen molar-refractivity contribution in [2.24, 2.45) is 5.92 Å². The van der Waals surface area contributed by atoms with Crippen molar-refractivity contribution in [3.63, 3.8) is 0 Å². The number of rotatable bonds is 5. The molecule has 0 aliphatic rings. The molecule has 0 N–H and O–H groups in total. The Morgan fingerprint density at radius 2 is 1.88 bits per heavy atom. The maximum atomic E-state index is 12.0. The van der Waals surface area contributed by atoms with E-state index in [1.54, 1.807) is 19.2 Å². The number of nitrogens with zero attached hydrogens (tertiary/aromatic N) is 1. The van der Waals surface area contributed by atoms with Crippen molar-refractivity contribution in [1.82, 2.24) is 0 Å². The highest BCUT2D eigenvalue weighted by Gasteiger charge is 2.20. The van der Waals surface area contributed by atoms with Gasteiger partial charge in [-0.15, -0.1) is 11.6 Å². The molecule has 90 valence electrons. The highest BCUT2D eigenvalue weighted by Crippen LogP contribution is 2.17. The molecule has 3 nitrogen and oxygen atoms in total. The Morgan fingerprint density at radius 1 is 1.31 bits per heavy atom. The molecular weight excluding hydrogens is 246 g/mol. The van der Waals surface area contributed by atoms with Crippen LogP contribution >= 0.6 is 11.6 Å². The molecule has 0 radical (unpaired) electrons. The zero-order valence-electron chi connectivity index (χ0n) is 9.43. The van der Waals surface area contributed by atoms with Gasteiger partial charge in [0, 0.05) is 12.9 Å². The zero-order chi connectivity index (χ0) is 12.2. The average Bonchev–Trinajstić information content (AvgIpc) is 2.28. The molecule has 0 amide bonds. The number of sulfonamides is 1. The van der Waals surface area contributed by atoms with Crippen molar-refractivity contribution in [2.75, 3.05) is 23.0 Å². The maximum absolute atomic E-state index is 12.0. The van der Waals surface area contributed by atoms with Gasteiger partial charge in [-0.3, -0.25) is 4.31 Å². The molecule has 1 unspecified atom stereocenters. The number of halogens is 1. The van der Waals surface area contributed by atoms with Crippen LogP contribution in [-0.4, -0.2) is 27.1 Å². The predicted octanol–water partition coefficient (Wildman–Crippen LogP) is 2.33. The van der Waals surface area contributed by atoms with Crippen molar-refractivity contribution in [3.05, 3.63) is 30.3 Å². The lowest BCUT2D eigenvalue weighted by Crippen LogP contribution is -2.31. The van der Waals surface area contributed by atoms with Crippen LogP contribution in [0.25, 0.3) is 0 Å². The van der Waals surface area contributed by atoms with Crippen molar-refractivity contribution >= 4 is 27.3 Å². The van der Waals surface area contributed by atoms with E-state index in [9.17, 15) is 8.42 Å². The van der Waals surface area contributed by atoms with Gasteiger partial charge >= 0.3 is 0 Å². The second-order valence-corrected chi connectivity index (χ2v) is 6.19. The topological polar surface area (TPSA) is 37.4 Å². The van der Waals surface area contributed by atoms with E-state index in [4.69, 9.17) is 11.6 Å². The summed E-state index contributed by atoms with van der Waals surface area (Å²) in [5.74, 6) is 0.377. The minimum Gasteiger partial charge on any atom is -0.273 e. The van der Waals surface area contributed by atoms with Gasteiger partial charge in [0.25, 0.3) is 0 Å². The van der Waals surface area contributed by atoms with E-state index in [2.05, 4.69) is 0 Å². The van der Waals surface area contributed by atoms with Crippen molar-refractivity contribution < 1.29 is 8.42 Å². The lowest BCUT2D eigenvalue weighted by Gasteiger charge is -2.20. The summed E-state index contributed by atoms with van der Waals surface area (Å²) in [6.07, 6.45) is 0. The standard InChI is InChI=1S/C11H16ClNO2S/c1-10(8-12)9-16(14,15)13(2)11-6-4-3-5-7-11/h3-7,10H,8-9H2,1-2H3. The fourth-order valence-electron chi connectivity index (χ4n) is 1.31. The quantitative estimate of drug-likeness (QED) is 0.763. The van der Waals surface area contributed by atoms with Gasteiger partial charge in [-0.2, -0.15) is 0 Å². The first-order valence-corrected chi connectivity index (χ1v) is 7.19. The monoisotopic (exact) mass is 261 g/mol. The molecule has 0 saturated heterocycles. The number of alkyl halides is 1. The summed E-state index contributed by atoms with van der Waals surface area (Å²) in [7, 11) is -1.71. The molecule has 0 spiro atoms. The number of hydrogen-bond acceptors (Lipinski definition) is 2. The summed E-state index contributed by atoms with van der Waals surface area (Å²) < 4.78 is 25.2. The Labute approximate surface area is 102 Å². The summed E-state index contributed by atoms with van der Waals surface area (Å²) in [5, 5.41) is 0. The van der Waals surface area contributed by atoms with Crippen molar-refractivity contribution in [3.8, 4) is 0 Å². The summed E-state index contributed by atoms with van der Waals surface area (Å²) in [6.45, 7) is 1.82. The second kappa shape index (κ2) is 5.55. The van der Waals surface area contributed by atoms with Crippen LogP contribution in [-0.2, 0) is 10.0 Å². The predicted molar refractivity (Wildman–Crippen MR) is 68.5 cm³/mol. The molecule has 0 aliphatic heterocycles. The molecule has 5 heteroatoms. The van der Waals surface area contributed by atoms with Gasteiger partial charge in [-0.1, -0.05) is 25.1 Å². The van der Waals surface area contributed by atoms with E-state index < -0.39 is 10.0 Å². The highest BCUT2D eigenvalue weighted by molar-refractivity contribution is 7.92. The molecular formula is C11H16ClNO2S. The Morgan fingerprint density at radius 3 is 2.38 bits per heavy atom. The largest absolute Gasteiger partial charge is 0.273 e. The molecule has 1 rings (SSSR count). The molecule has 0 aromatic heterocycles. The third-order valence-corrected chi connectivity index (χ3v) is 4.86. The van der Waals surface area contributed by atoms with Gasteiger partial charge in [0.1, 0.15) is 0 Å². The van der Waals surface area contributed by atoms with E-state index in [1.807, 2.05) is 25.1 Å². The van der Waals surface area contributed by atoms with Crippen LogP contribution in [0.3, 0.4) is 0 Å². The van der Waals surface area contributed by atoms with Crippen LogP contribution in [0.1, 0.15) is 6.92 Å². The number of anilines is 1. The van der Waals surface area contributed by atoms with Crippen molar-refractivity contribution in [1.29, 1.82) is 0 Å². The lowest BCUT2D eigenvalue weighted by atomic mass is 10.3. The van der Waals surface area contributed by atoms with Crippen LogP contribution < -0.4 is 4.31 Å². The average molecular weight is 262 g/mol. The van der Waals surface area contributed by atoms with Crippen LogP contribution in [0, 0.1) is 5.92 Å². The number of para-hydroxylation sites is 1. The molecule has 1 aromatic carbocycles. The van der Waals surface area contributed by atoms with Crippen LogP contribution in [0.4, 0.5) is 5.69 Å². The molecule has 0 saturated carbocycles. The lowest BCUT2D eigenvalue weighted by molar-refractivity contribution is 0.581. The summed E-state index contributed by atoms with van der Waals surface area (Å²) in [5.41, 5.74) is 0.671. The Hall–Kier alpha value is -0.740. The number of hydrogen-bond donors (Lipinski definition) is 0. The van der Waals surface area contributed by atoms with E-state index in [0.29, 0.717) is 11.6 Å². The van der Waals surface area contributed by atoms with Crippen LogP contribution in [0.2, 0.25) is 0 Å². The fourth-order valence-corrected chi connectivity index (χ4v) is 3.06. The smallest absolute Gasteiger partial charge is 0.235 e. The highest BCUT2D eigenvalue weighted by atomic mass is 35.5. The van der Waals surface area contributed by atoms with E-state index in [0.717, 1.165) is 0 Å². The van der Waals surface area contributed by atoms with E-state index in [-0.39, 0.29) is 11.7 Å². The van der Waals surface area contributed by atoms with Crippen molar-refractivity contribution in [2.45, 2.75) is 6.92 Å². The summed E-state index contributed by atoms with van der Waals surface area (Å²) in [4.78, 5) is 0. The normalized spacial score (nSPS) is 13.4. The second-order valence-electron chi connectivity index (χ2n) is 3.84. The van der Waals surface area contributed by atoms with Gasteiger partial charge in [-0.05, 0) is 18.1 Å². The van der Waals surface area contributed by atoms with Gasteiger partial charge in [0.2, 0.25) is 10.0 Å². The molecule has 0 bridgehead atoms. The Balaban J connectivity index is 2.85. The Kier molecular flexibility index (Phi) is 4.62. The van der Waals surface area contributed by atoms with Gasteiger partial charge < -0.3 is 0 Å². The van der Waals surface area contributed by atoms with Gasteiger partial charge in [0.05, 0.1) is 11.4 Å². The molecule has 1 atom stereocenters. The minimum atomic E-state index is -3.28. The Bertz CT molecular complexity index is 419. The van der Waals surface area contributed by atoms with E-state index >= 15 is 0 Å². The molecule has 16 heavy (non-hydrogen) atoms. The molecule has 0 aliphatic carbocycles. The minimum absolute atomic E-state index is 0.0437. The van der Waals surface area contributed by atoms with Gasteiger partial charge in [0.15, 0.2) is 0 Å². The first-order valence-electron chi connectivity index (χ1n) is 5.05. The molecule has 0 fully saturated rings.